The van der Waals surface area contributed by atoms with E-state index in [0.29, 0.717) is 0 Å². The van der Waals surface area contributed by atoms with E-state index in [2.05, 4.69) is 5.32 Å². The number of rotatable bonds is 7. The molecule has 7 heteroatoms. The van der Waals surface area contributed by atoms with E-state index in [1.807, 2.05) is 48.5 Å². The Kier molecular flexibility index (Phi) is 6.16. The molecule has 7 nitrogen and oxygen atoms in total. The molecule has 0 bridgehead atoms. The summed E-state index contributed by atoms with van der Waals surface area (Å²) in [6.07, 6.45) is -0.970. The molecule has 0 aromatic heterocycles. The number of carboxylic acid groups (broad SMARTS) is 1. The van der Waals surface area contributed by atoms with Crippen molar-refractivity contribution in [3.05, 3.63) is 59.7 Å². The summed E-state index contributed by atoms with van der Waals surface area (Å²) in [6, 6.07) is 15.1. The Labute approximate surface area is 169 Å². The molecule has 1 atom stereocenters. The van der Waals surface area contributed by atoms with Crippen LogP contribution in [0.1, 0.15) is 29.9 Å². The zero-order valence-electron chi connectivity index (χ0n) is 16.4. The van der Waals surface area contributed by atoms with E-state index in [-0.39, 0.29) is 31.3 Å². The second kappa shape index (κ2) is 8.77. The largest absolute Gasteiger partial charge is 0.481 e. The monoisotopic (exact) mass is 396 g/mol. The lowest BCUT2D eigenvalue weighted by atomic mass is 9.98. The fourth-order valence-electron chi connectivity index (χ4n) is 3.62. The molecule has 0 saturated carbocycles. The number of alkyl carbamates (subject to hydrolysis) is 1. The van der Waals surface area contributed by atoms with Crippen LogP contribution >= 0.6 is 0 Å². The molecule has 0 heterocycles. The van der Waals surface area contributed by atoms with Gasteiger partial charge in [0.2, 0.25) is 5.91 Å². The highest BCUT2D eigenvalue weighted by Gasteiger charge is 2.30. The van der Waals surface area contributed by atoms with E-state index in [4.69, 9.17) is 9.84 Å². The molecule has 0 saturated heterocycles. The van der Waals surface area contributed by atoms with E-state index in [1.165, 1.54) is 4.90 Å². The molecular weight excluding hydrogens is 372 g/mol. The number of nitrogens with one attached hydrogen (secondary N) is 1. The van der Waals surface area contributed by atoms with E-state index in [9.17, 15) is 14.4 Å². The van der Waals surface area contributed by atoms with Crippen LogP contribution in [-0.4, -0.2) is 54.7 Å². The summed E-state index contributed by atoms with van der Waals surface area (Å²) in [5.41, 5.74) is 4.43. The molecule has 3 rings (SSSR count). The first-order chi connectivity index (χ1) is 13.9. The van der Waals surface area contributed by atoms with Crippen molar-refractivity contribution in [2.75, 3.05) is 20.7 Å². The SMILES string of the molecule is CN(C)C(=O)C(CCC(=O)O)NC(=O)OCC1c2ccccc2-c2ccccc21. The Morgan fingerprint density at radius 3 is 2.10 bits per heavy atom. The second-order valence-corrected chi connectivity index (χ2v) is 7.19. The second-order valence-electron chi connectivity index (χ2n) is 7.19. The van der Waals surface area contributed by atoms with Crippen molar-refractivity contribution in [2.45, 2.75) is 24.8 Å². The summed E-state index contributed by atoms with van der Waals surface area (Å²) in [5.74, 6) is -1.49. The third kappa shape index (κ3) is 4.56. The Bertz CT molecular complexity index is 879. The Hall–Kier alpha value is -3.35. The van der Waals surface area contributed by atoms with Crippen LogP contribution in [0, 0.1) is 0 Å². The van der Waals surface area contributed by atoms with Crippen molar-refractivity contribution in [1.82, 2.24) is 10.2 Å². The van der Waals surface area contributed by atoms with Gasteiger partial charge in [-0.3, -0.25) is 9.59 Å². The van der Waals surface area contributed by atoms with Gasteiger partial charge in [-0.05, 0) is 28.7 Å². The maximum Gasteiger partial charge on any atom is 0.407 e. The molecule has 1 aliphatic carbocycles. The van der Waals surface area contributed by atoms with Crippen molar-refractivity contribution in [3.8, 4) is 11.1 Å². The minimum Gasteiger partial charge on any atom is -0.481 e. The number of hydrogen-bond acceptors (Lipinski definition) is 4. The Morgan fingerprint density at radius 1 is 1.03 bits per heavy atom. The average Bonchev–Trinajstić information content (AvgIpc) is 3.02. The molecule has 1 aliphatic rings. The number of ether oxygens (including phenoxy) is 1. The van der Waals surface area contributed by atoms with Gasteiger partial charge < -0.3 is 20.1 Å². The molecule has 152 valence electrons. The number of hydrogen-bond donors (Lipinski definition) is 2. The number of nitrogens with zero attached hydrogens (tertiary/aromatic N) is 1. The molecule has 2 aromatic carbocycles. The number of aliphatic carboxylic acids is 1. The highest BCUT2D eigenvalue weighted by atomic mass is 16.5. The molecule has 2 amide bonds. The number of carbonyl (C=O) groups is 3. The maximum atomic E-state index is 12.4. The molecular formula is C22H24N2O5. The first-order valence-corrected chi connectivity index (χ1v) is 9.43. The average molecular weight is 396 g/mol. The van der Waals surface area contributed by atoms with Crippen LogP contribution < -0.4 is 5.32 Å². The van der Waals surface area contributed by atoms with Crippen LogP contribution in [0.5, 0.6) is 0 Å². The van der Waals surface area contributed by atoms with Gasteiger partial charge in [-0.2, -0.15) is 0 Å². The van der Waals surface area contributed by atoms with Gasteiger partial charge in [0.1, 0.15) is 12.6 Å². The lowest BCUT2D eigenvalue weighted by Crippen LogP contribution is -2.46. The quantitative estimate of drug-likeness (QED) is 0.750. The van der Waals surface area contributed by atoms with Gasteiger partial charge in [-0.15, -0.1) is 0 Å². The lowest BCUT2D eigenvalue weighted by molar-refractivity contribution is -0.137. The lowest BCUT2D eigenvalue weighted by Gasteiger charge is -2.21. The summed E-state index contributed by atoms with van der Waals surface area (Å²) < 4.78 is 5.44. The predicted octanol–water partition coefficient (Wildman–Crippen LogP) is 2.85. The maximum absolute atomic E-state index is 12.4. The summed E-state index contributed by atoms with van der Waals surface area (Å²) in [4.78, 5) is 36.8. The summed E-state index contributed by atoms with van der Waals surface area (Å²) in [6.45, 7) is 0.127. The third-order valence-electron chi connectivity index (χ3n) is 5.02. The van der Waals surface area contributed by atoms with Crippen molar-refractivity contribution < 1.29 is 24.2 Å². The number of fused-ring (bicyclic) bond motifs is 3. The molecule has 2 aromatic rings. The zero-order valence-corrected chi connectivity index (χ0v) is 16.4. The minimum absolute atomic E-state index is 0.00343. The minimum atomic E-state index is -1.03. The van der Waals surface area contributed by atoms with Gasteiger partial charge in [-0.1, -0.05) is 48.5 Å². The summed E-state index contributed by atoms with van der Waals surface area (Å²) >= 11 is 0. The first-order valence-electron chi connectivity index (χ1n) is 9.43. The molecule has 29 heavy (non-hydrogen) atoms. The molecule has 2 N–H and O–H groups in total. The predicted molar refractivity (Wildman–Crippen MR) is 108 cm³/mol. The number of carbonyl (C=O) groups excluding carboxylic acids is 2. The van der Waals surface area contributed by atoms with Gasteiger partial charge in [0.15, 0.2) is 0 Å². The highest BCUT2D eigenvalue weighted by molar-refractivity contribution is 5.86. The molecule has 0 fully saturated rings. The van der Waals surface area contributed by atoms with Gasteiger partial charge in [0.05, 0.1) is 0 Å². The smallest absolute Gasteiger partial charge is 0.407 e. The van der Waals surface area contributed by atoms with E-state index >= 15 is 0 Å². The standard InChI is InChI=1S/C22H24N2O5/c1-24(2)21(27)19(11-12-20(25)26)23-22(28)29-13-18-16-9-5-3-7-14(16)15-8-4-6-10-17(15)18/h3-10,18-19H,11-13H2,1-2H3,(H,23,28)(H,25,26). The first kappa shape index (κ1) is 20.4. The molecule has 0 spiro atoms. The highest BCUT2D eigenvalue weighted by Crippen LogP contribution is 2.44. The van der Waals surface area contributed by atoms with Crippen molar-refractivity contribution >= 4 is 18.0 Å². The van der Waals surface area contributed by atoms with Gasteiger partial charge in [0, 0.05) is 26.4 Å². The number of benzene rings is 2. The third-order valence-corrected chi connectivity index (χ3v) is 5.02. The van der Waals surface area contributed by atoms with Gasteiger partial charge >= 0.3 is 12.1 Å². The van der Waals surface area contributed by atoms with Crippen LogP contribution in [0.4, 0.5) is 4.79 Å². The van der Waals surface area contributed by atoms with Crippen LogP contribution in [0.25, 0.3) is 11.1 Å². The van der Waals surface area contributed by atoms with Gasteiger partial charge in [0.25, 0.3) is 0 Å². The number of carboxylic acids is 1. The fraction of sp³-hybridized carbons (Fsp3) is 0.318. The van der Waals surface area contributed by atoms with Crippen LogP contribution in [0.3, 0.4) is 0 Å². The van der Waals surface area contributed by atoms with Crippen LogP contribution in [-0.2, 0) is 14.3 Å². The van der Waals surface area contributed by atoms with Crippen LogP contribution in [0.15, 0.2) is 48.5 Å². The summed E-state index contributed by atoms with van der Waals surface area (Å²) in [7, 11) is 3.10. The zero-order chi connectivity index (χ0) is 21.0. The molecule has 0 aliphatic heterocycles. The van der Waals surface area contributed by atoms with E-state index in [1.54, 1.807) is 14.1 Å². The van der Waals surface area contributed by atoms with E-state index < -0.39 is 18.1 Å². The van der Waals surface area contributed by atoms with Gasteiger partial charge in [-0.25, -0.2) is 4.79 Å². The fourth-order valence-corrected chi connectivity index (χ4v) is 3.62. The van der Waals surface area contributed by atoms with E-state index in [0.717, 1.165) is 22.3 Å². The Balaban J connectivity index is 1.68. The molecule has 0 radical (unpaired) electrons. The molecule has 1 unspecified atom stereocenters. The van der Waals surface area contributed by atoms with Crippen molar-refractivity contribution in [1.29, 1.82) is 0 Å². The van der Waals surface area contributed by atoms with Crippen molar-refractivity contribution in [2.24, 2.45) is 0 Å². The Morgan fingerprint density at radius 2 is 1.59 bits per heavy atom. The topological polar surface area (TPSA) is 95.9 Å². The van der Waals surface area contributed by atoms with Crippen LogP contribution in [0.2, 0.25) is 0 Å². The summed E-state index contributed by atoms with van der Waals surface area (Å²) in [5, 5.41) is 11.4. The number of amides is 2. The normalized spacial score (nSPS) is 13.2. The van der Waals surface area contributed by atoms with Crippen molar-refractivity contribution in [3.63, 3.8) is 0 Å². The number of likely N-dealkylation sites (N-methyl/N-ethyl adjacent to an activating group) is 1.